The van der Waals surface area contributed by atoms with Crippen LogP contribution >= 0.6 is 0 Å². The first-order chi connectivity index (χ1) is 4.50. The molecule has 0 aromatic carbocycles. The standard InChI is InChI=1S/C4H2F3N2O/c5-4(6,7)2-1-8-3(10)9-2/h(H2,8,9,10). The van der Waals surface area contributed by atoms with E-state index in [2.05, 4.69) is 0 Å². The molecule has 0 saturated carbocycles. The number of aromatic amines is 2. The number of alkyl halides is 3. The van der Waals surface area contributed by atoms with Gasteiger partial charge < -0.3 is 9.97 Å². The third-order valence-electron chi connectivity index (χ3n) is 0.823. The van der Waals surface area contributed by atoms with Crippen molar-refractivity contribution < 1.29 is 13.2 Å². The molecule has 0 bridgehead atoms. The highest BCUT2D eigenvalue weighted by atomic mass is 19.4. The first-order valence-corrected chi connectivity index (χ1v) is 2.27. The molecule has 1 heterocycles. The van der Waals surface area contributed by atoms with Gasteiger partial charge in [0.25, 0.3) is 0 Å². The molecule has 0 atom stereocenters. The summed E-state index contributed by atoms with van der Waals surface area (Å²) in [6.45, 7) is 0. The number of H-pyrrole nitrogens is 2. The zero-order valence-electron chi connectivity index (χ0n) is 4.54. The summed E-state index contributed by atoms with van der Waals surface area (Å²) in [5, 5.41) is 0. The minimum Gasteiger partial charge on any atom is -0.304 e. The van der Waals surface area contributed by atoms with Crippen LogP contribution in [0, 0.1) is 6.20 Å². The fraction of sp³-hybridized carbons (Fsp3) is 0.250. The van der Waals surface area contributed by atoms with Crippen LogP contribution in [0.1, 0.15) is 5.69 Å². The average molecular weight is 151 g/mol. The van der Waals surface area contributed by atoms with Crippen molar-refractivity contribution in [3.8, 4) is 0 Å². The maximum absolute atomic E-state index is 11.6. The van der Waals surface area contributed by atoms with Gasteiger partial charge in [-0.2, -0.15) is 13.2 Å². The minimum absolute atomic E-state index is 0.910. The molecule has 3 nitrogen and oxygen atoms in total. The fourth-order valence-corrected chi connectivity index (χ4v) is 0.437. The van der Waals surface area contributed by atoms with E-state index >= 15 is 0 Å². The Morgan fingerprint density at radius 3 is 2.20 bits per heavy atom. The van der Waals surface area contributed by atoms with Gasteiger partial charge in [-0.15, -0.1) is 0 Å². The largest absolute Gasteiger partial charge is 0.433 e. The van der Waals surface area contributed by atoms with Gasteiger partial charge in [-0.1, -0.05) is 0 Å². The van der Waals surface area contributed by atoms with E-state index in [0.29, 0.717) is 0 Å². The van der Waals surface area contributed by atoms with Gasteiger partial charge in [0.05, 0.1) is 6.20 Å². The Bertz CT molecular complexity index is 271. The lowest BCUT2D eigenvalue weighted by Crippen LogP contribution is -2.08. The van der Waals surface area contributed by atoms with Gasteiger partial charge in [0.15, 0.2) is 5.69 Å². The Kier molecular flexibility index (Phi) is 1.31. The Hall–Kier alpha value is -1.20. The van der Waals surface area contributed by atoms with E-state index in [4.69, 9.17) is 0 Å². The monoisotopic (exact) mass is 151 g/mol. The van der Waals surface area contributed by atoms with Crippen molar-refractivity contribution >= 4 is 0 Å². The number of hydrogen-bond donors (Lipinski definition) is 2. The Morgan fingerprint density at radius 2 is 2.00 bits per heavy atom. The molecule has 0 aliphatic carbocycles. The van der Waals surface area contributed by atoms with E-state index in [0.717, 1.165) is 0 Å². The van der Waals surface area contributed by atoms with Crippen LogP contribution < -0.4 is 5.69 Å². The van der Waals surface area contributed by atoms with Crippen molar-refractivity contribution in [1.29, 1.82) is 0 Å². The summed E-state index contributed by atoms with van der Waals surface area (Å²) < 4.78 is 34.7. The second kappa shape index (κ2) is 1.89. The van der Waals surface area contributed by atoms with E-state index in [1.165, 1.54) is 4.98 Å². The summed E-state index contributed by atoms with van der Waals surface area (Å²) >= 11 is 0. The maximum atomic E-state index is 11.6. The molecule has 0 fully saturated rings. The second-order valence-electron chi connectivity index (χ2n) is 1.58. The predicted octanol–water partition coefficient (Wildman–Crippen LogP) is 0.522. The summed E-state index contributed by atoms with van der Waals surface area (Å²) in [7, 11) is 0. The molecule has 1 rings (SSSR count). The molecule has 0 unspecified atom stereocenters. The lowest BCUT2D eigenvalue weighted by molar-refractivity contribution is -0.141. The zero-order chi connectivity index (χ0) is 7.78. The van der Waals surface area contributed by atoms with Crippen LogP contribution in [0.2, 0.25) is 0 Å². The molecule has 0 aliphatic rings. The molecular formula is C4H2F3N2O. The van der Waals surface area contributed by atoms with Crippen LogP contribution in [0.4, 0.5) is 13.2 Å². The molecule has 10 heavy (non-hydrogen) atoms. The van der Waals surface area contributed by atoms with Crippen LogP contribution in [0.5, 0.6) is 0 Å². The smallest absolute Gasteiger partial charge is 0.304 e. The first-order valence-electron chi connectivity index (χ1n) is 2.27. The number of imidazole rings is 1. The van der Waals surface area contributed by atoms with Gasteiger partial charge in [0.1, 0.15) is 0 Å². The Morgan fingerprint density at radius 1 is 1.40 bits per heavy atom. The molecular weight excluding hydrogens is 149 g/mol. The lowest BCUT2D eigenvalue weighted by atomic mass is 10.5. The normalized spacial score (nSPS) is 11.9. The molecule has 6 heteroatoms. The van der Waals surface area contributed by atoms with Gasteiger partial charge in [-0.3, -0.25) is 0 Å². The summed E-state index contributed by atoms with van der Waals surface area (Å²) in [6, 6.07) is 0. The predicted molar refractivity (Wildman–Crippen MR) is 25.3 cm³/mol. The molecule has 0 spiro atoms. The van der Waals surface area contributed by atoms with E-state index in [1.54, 1.807) is 11.2 Å². The van der Waals surface area contributed by atoms with E-state index < -0.39 is 17.6 Å². The second-order valence-corrected chi connectivity index (χ2v) is 1.58. The number of halogens is 3. The minimum atomic E-state index is -4.53. The summed E-state index contributed by atoms with van der Waals surface area (Å²) in [5.74, 6) is 0. The van der Waals surface area contributed by atoms with Crippen molar-refractivity contribution in [2.45, 2.75) is 6.18 Å². The summed E-state index contributed by atoms with van der Waals surface area (Å²) in [4.78, 5) is 13.3. The van der Waals surface area contributed by atoms with Crippen LogP contribution in [-0.4, -0.2) is 9.97 Å². The SMILES string of the molecule is O=c1[nH][c]c(C(F)(F)F)[nH]1. The molecule has 0 saturated heterocycles. The van der Waals surface area contributed by atoms with Crippen molar-refractivity contribution in [2.75, 3.05) is 0 Å². The highest BCUT2D eigenvalue weighted by Crippen LogP contribution is 2.25. The summed E-state index contributed by atoms with van der Waals surface area (Å²) in [5.41, 5.74) is -2.09. The highest BCUT2D eigenvalue weighted by molar-refractivity contribution is 4.96. The quantitative estimate of drug-likeness (QED) is 0.558. The lowest BCUT2D eigenvalue weighted by Gasteiger charge is -1.98. The third kappa shape index (κ3) is 1.20. The molecule has 1 aromatic heterocycles. The van der Waals surface area contributed by atoms with Crippen LogP contribution in [-0.2, 0) is 6.18 Å². The van der Waals surface area contributed by atoms with Gasteiger partial charge >= 0.3 is 11.9 Å². The van der Waals surface area contributed by atoms with E-state index in [-0.39, 0.29) is 0 Å². The van der Waals surface area contributed by atoms with Crippen LogP contribution in [0.25, 0.3) is 0 Å². The number of nitrogens with one attached hydrogen (secondary N) is 2. The maximum Gasteiger partial charge on any atom is 0.433 e. The van der Waals surface area contributed by atoms with Crippen LogP contribution in [0.15, 0.2) is 4.79 Å². The average Bonchev–Trinajstić information content (AvgIpc) is 2.11. The van der Waals surface area contributed by atoms with Gasteiger partial charge in [0, 0.05) is 0 Å². The molecule has 0 amide bonds. The van der Waals surface area contributed by atoms with E-state index in [9.17, 15) is 18.0 Å². The zero-order valence-corrected chi connectivity index (χ0v) is 4.54. The topological polar surface area (TPSA) is 48.6 Å². The van der Waals surface area contributed by atoms with Crippen molar-refractivity contribution in [1.82, 2.24) is 9.97 Å². The van der Waals surface area contributed by atoms with Gasteiger partial charge in [0.2, 0.25) is 0 Å². The first kappa shape index (κ1) is 6.91. The number of hydrogen-bond acceptors (Lipinski definition) is 1. The fourth-order valence-electron chi connectivity index (χ4n) is 0.437. The number of aromatic nitrogens is 2. The van der Waals surface area contributed by atoms with Crippen molar-refractivity contribution in [2.24, 2.45) is 0 Å². The van der Waals surface area contributed by atoms with Gasteiger partial charge in [-0.05, 0) is 0 Å². The molecule has 1 aromatic rings. The molecule has 1 radical (unpaired) electrons. The van der Waals surface area contributed by atoms with E-state index in [1.807, 2.05) is 0 Å². The van der Waals surface area contributed by atoms with Gasteiger partial charge in [-0.25, -0.2) is 4.79 Å². The Labute approximate surface area is 52.9 Å². The van der Waals surface area contributed by atoms with Crippen LogP contribution in [0.3, 0.4) is 0 Å². The highest BCUT2D eigenvalue weighted by Gasteiger charge is 2.32. The molecule has 0 aliphatic heterocycles. The summed E-state index contributed by atoms with van der Waals surface area (Å²) in [6.07, 6.45) is -2.90. The number of rotatable bonds is 0. The Balaban J connectivity index is 3.07. The molecule has 2 N–H and O–H groups in total. The molecule has 55 valence electrons. The third-order valence-corrected chi connectivity index (χ3v) is 0.823. The van der Waals surface area contributed by atoms with Crippen molar-refractivity contribution in [3.05, 3.63) is 22.4 Å². The van der Waals surface area contributed by atoms with Crippen molar-refractivity contribution in [3.63, 3.8) is 0 Å².